The molecule has 0 aromatic carbocycles. The molecular weight excluding hydrogens is 988 g/mol. The van der Waals surface area contributed by atoms with Crippen LogP contribution in [0.25, 0.3) is 0 Å². The van der Waals surface area contributed by atoms with Crippen molar-refractivity contribution in [2.24, 2.45) is 0 Å². The largest absolute Gasteiger partial charge is 0.756 e. The standard InChI is InChI=1S/C68H129N2O7P/c1-7-10-13-16-19-22-25-28-30-32-34-35-37-38-40-42-45-48-51-54-57-60-67(71)69-65(64-76-78(73,74)75-63-62-70(4,5)6)66(59-56-53-50-47-44-27-24-21-18-15-12-9-3)77-68(72)61-58-55-52-49-46-43-41-39-36-33-31-29-26-23-20-17-14-11-8-2/h19,22,28,30,34-35,56,59,65-66H,7-18,20-21,23-27,29,31-33,36-55,57-58,60-64H2,1-6H3,(H-,69,71,73,74)/b22-19-,30-28-,35-34-,59-56+. The molecule has 0 aliphatic rings. The van der Waals surface area contributed by atoms with Crippen LogP contribution in [-0.2, 0) is 27.9 Å². The number of phosphoric ester groups is 1. The zero-order valence-electron chi connectivity index (χ0n) is 52.4. The lowest BCUT2D eigenvalue weighted by atomic mass is 10.0. The number of phosphoric acid groups is 1. The maximum absolute atomic E-state index is 13.6. The molecule has 0 spiro atoms. The van der Waals surface area contributed by atoms with Crippen molar-refractivity contribution >= 4 is 19.7 Å². The fourth-order valence-corrected chi connectivity index (χ4v) is 10.5. The first kappa shape index (κ1) is 76.0. The molecule has 0 bridgehead atoms. The molecule has 0 fully saturated rings. The SMILES string of the molecule is CCCCC/C=C\C/C=C\C/C=C\CCCCCCCCCCC(=O)NC(COP(=O)([O-])OCC[N+](C)(C)C)C(/C=C/CCCCCCCCCCCC)OC(=O)CCCCCCCCCCCCCCCCCCCCC. The third-order valence-corrected chi connectivity index (χ3v) is 16.0. The Bertz CT molecular complexity index is 1470. The van der Waals surface area contributed by atoms with Gasteiger partial charge in [0.2, 0.25) is 5.91 Å². The lowest BCUT2D eigenvalue weighted by molar-refractivity contribution is -0.870. The Balaban J connectivity index is 5.16. The molecule has 3 atom stereocenters. The lowest BCUT2D eigenvalue weighted by Crippen LogP contribution is -2.47. The Morgan fingerprint density at radius 3 is 1.19 bits per heavy atom. The van der Waals surface area contributed by atoms with E-state index < -0.39 is 20.0 Å². The summed E-state index contributed by atoms with van der Waals surface area (Å²) in [5, 5.41) is 3.04. The fraction of sp³-hybridized carbons (Fsp3) is 0.853. The third-order valence-electron chi connectivity index (χ3n) is 15.0. The second-order valence-electron chi connectivity index (χ2n) is 24.0. The number of esters is 1. The Kier molecular flexibility index (Phi) is 56.7. The predicted molar refractivity (Wildman–Crippen MR) is 335 cm³/mol. The van der Waals surface area contributed by atoms with Crippen LogP contribution in [0, 0.1) is 0 Å². The van der Waals surface area contributed by atoms with Crippen LogP contribution in [0.2, 0.25) is 0 Å². The van der Waals surface area contributed by atoms with Crippen molar-refractivity contribution in [3.8, 4) is 0 Å². The maximum atomic E-state index is 13.6. The molecule has 0 aliphatic heterocycles. The number of allylic oxidation sites excluding steroid dienone is 7. The first-order valence-electron chi connectivity index (χ1n) is 33.4. The van der Waals surface area contributed by atoms with Crippen molar-refractivity contribution in [3.63, 3.8) is 0 Å². The molecule has 1 N–H and O–H groups in total. The van der Waals surface area contributed by atoms with Gasteiger partial charge in [-0.25, -0.2) is 0 Å². The molecule has 0 aliphatic carbocycles. The van der Waals surface area contributed by atoms with Gasteiger partial charge < -0.3 is 28.5 Å². The van der Waals surface area contributed by atoms with Crippen molar-refractivity contribution in [1.82, 2.24) is 5.32 Å². The number of hydrogen-bond acceptors (Lipinski definition) is 7. The van der Waals surface area contributed by atoms with Crippen LogP contribution in [0.5, 0.6) is 0 Å². The van der Waals surface area contributed by atoms with Crippen LogP contribution in [0.1, 0.15) is 323 Å². The van der Waals surface area contributed by atoms with E-state index in [0.717, 1.165) is 83.5 Å². The van der Waals surface area contributed by atoms with Gasteiger partial charge >= 0.3 is 5.97 Å². The number of likely N-dealkylation sites (N-methyl/N-ethyl adjacent to an activating group) is 1. The lowest BCUT2D eigenvalue weighted by Gasteiger charge is -2.30. The van der Waals surface area contributed by atoms with E-state index in [1.165, 1.54) is 205 Å². The van der Waals surface area contributed by atoms with Gasteiger partial charge in [-0.3, -0.25) is 14.2 Å². The molecule has 9 nitrogen and oxygen atoms in total. The van der Waals surface area contributed by atoms with Crippen molar-refractivity contribution in [2.45, 2.75) is 335 Å². The van der Waals surface area contributed by atoms with Gasteiger partial charge in [0.15, 0.2) is 0 Å². The summed E-state index contributed by atoms with van der Waals surface area (Å²) in [6.07, 6.45) is 72.2. The van der Waals surface area contributed by atoms with E-state index in [4.69, 9.17) is 13.8 Å². The van der Waals surface area contributed by atoms with E-state index >= 15 is 0 Å². The van der Waals surface area contributed by atoms with Crippen LogP contribution < -0.4 is 10.2 Å². The number of carbonyl (C=O) groups excluding carboxylic acids is 2. The summed E-state index contributed by atoms with van der Waals surface area (Å²) in [5.74, 6) is -0.535. The van der Waals surface area contributed by atoms with Gasteiger partial charge in [-0.1, -0.05) is 288 Å². The Morgan fingerprint density at radius 2 is 0.782 bits per heavy atom. The van der Waals surface area contributed by atoms with E-state index in [0.29, 0.717) is 17.4 Å². The van der Waals surface area contributed by atoms with Crippen LogP contribution >= 0.6 is 7.82 Å². The molecule has 0 saturated carbocycles. The highest BCUT2D eigenvalue weighted by Crippen LogP contribution is 2.38. The van der Waals surface area contributed by atoms with Crippen molar-refractivity contribution in [2.75, 3.05) is 40.9 Å². The molecular formula is C68H129N2O7P. The second-order valence-corrected chi connectivity index (χ2v) is 25.4. The minimum Gasteiger partial charge on any atom is -0.756 e. The summed E-state index contributed by atoms with van der Waals surface area (Å²) >= 11 is 0. The van der Waals surface area contributed by atoms with Crippen molar-refractivity contribution in [1.29, 1.82) is 0 Å². The summed E-state index contributed by atoms with van der Waals surface area (Å²) in [6, 6.07) is -0.890. The van der Waals surface area contributed by atoms with E-state index in [-0.39, 0.29) is 31.5 Å². The Hall–Kier alpha value is -2.03. The highest BCUT2D eigenvalue weighted by Gasteiger charge is 2.27. The molecule has 0 saturated heterocycles. The molecule has 0 aromatic heterocycles. The fourth-order valence-electron chi connectivity index (χ4n) is 9.83. The van der Waals surface area contributed by atoms with Crippen LogP contribution in [0.15, 0.2) is 48.6 Å². The average Bonchev–Trinajstić information content (AvgIpc) is 3.40. The van der Waals surface area contributed by atoms with Gasteiger partial charge in [-0.05, 0) is 70.3 Å². The smallest absolute Gasteiger partial charge is 0.306 e. The number of ether oxygens (including phenoxy) is 1. The summed E-state index contributed by atoms with van der Waals surface area (Å²) in [7, 11) is 1.19. The van der Waals surface area contributed by atoms with Crippen molar-refractivity contribution in [3.05, 3.63) is 48.6 Å². The number of nitrogens with zero attached hydrogens (tertiary/aromatic N) is 1. The summed E-state index contributed by atoms with van der Waals surface area (Å²) in [5.41, 5.74) is 0. The van der Waals surface area contributed by atoms with Crippen molar-refractivity contribution < 1.29 is 37.3 Å². The highest BCUT2D eigenvalue weighted by molar-refractivity contribution is 7.45. The van der Waals surface area contributed by atoms with E-state index in [1.54, 1.807) is 0 Å². The van der Waals surface area contributed by atoms with Gasteiger partial charge in [0.1, 0.15) is 19.3 Å². The molecule has 1 amide bonds. The summed E-state index contributed by atoms with van der Waals surface area (Å²) in [6.45, 7) is 6.85. The second kappa shape index (κ2) is 58.2. The van der Waals surface area contributed by atoms with E-state index in [9.17, 15) is 19.0 Å². The molecule has 0 rings (SSSR count). The first-order chi connectivity index (χ1) is 37.9. The van der Waals surface area contributed by atoms with E-state index in [2.05, 4.69) is 62.5 Å². The van der Waals surface area contributed by atoms with Crippen LogP contribution in [0.4, 0.5) is 0 Å². The number of amides is 1. The third kappa shape index (κ3) is 58.6. The number of carbonyl (C=O) groups is 2. The highest BCUT2D eigenvalue weighted by atomic mass is 31.2. The minimum absolute atomic E-state index is 0.0226. The monoisotopic (exact) mass is 1120 g/mol. The number of nitrogens with one attached hydrogen (secondary N) is 1. The van der Waals surface area contributed by atoms with Gasteiger partial charge in [0.25, 0.3) is 7.82 Å². The quantitative estimate of drug-likeness (QED) is 0.0212. The summed E-state index contributed by atoms with van der Waals surface area (Å²) < 4.78 is 30.4. The van der Waals surface area contributed by atoms with Crippen LogP contribution in [0.3, 0.4) is 0 Å². The summed E-state index contributed by atoms with van der Waals surface area (Å²) in [4.78, 5) is 40.1. The molecule has 10 heteroatoms. The first-order valence-corrected chi connectivity index (χ1v) is 34.9. The average molecular weight is 1120 g/mol. The number of rotatable bonds is 61. The predicted octanol–water partition coefficient (Wildman–Crippen LogP) is 20.2. The Morgan fingerprint density at radius 1 is 0.449 bits per heavy atom. The topological polar surface area (TPSA) is 114 Å². The van der Waals surface area contributed by atoms with Gasteiger partial charge in [-0.2, -0.15) is 0 Å². The molecule has 0 radical (unpaired) electrons. The molecule has 3 unspecified atom stereocenters. The number of unbranched alkanes of at least 4 members (excludes halogenated alkanes) is 39. The zero-order valence-corrected chi connectivity index (χ0v) is 53.3. The maximum Gasteiger partial charge on any atom is 0.306 e. The van der Waals surface area contributed by atoms with Gasteiger partial charge in [0, 0.05) is 12.8 Å². The van der Waals surface area contributed by atoms with Gasteiger partial charge in [-0.15, -0.1) is 0 Å². The van der Waals surface area contributed by atoms with Crippen LogP contribution in [-0.4, -0.2) is 69.4 Å². The molecule has 0 heterocycles. The normalized spacial score (nSPS) is 13.9. The molecule has 78 heavy (non-hydrogen) atoms. The molecule has 458 valence electrons. The number of hydrogen-bond donors (Lipinski definition) is 1. The zero-order chi connectivity index (χ0) is 57.2. The minimum atomic E-state index is -4.70. The molecule has 0 aromatic rings. The van der Waals surface area contributed by atoms with E-state index in [1.807, 2.05) is 33.3 Å². The number of quaternary nitrogens is 1. The Labute approximate surface area is 484 Å². The van der Waals surface area contributed by atoms with Gasteiger partial charge in [0.05, 0.1) is 33.8 Å².